The minimum absolute atomic E-state index is 0.398. The molecule has 0 saturated carbocycles. The van der Waals surface area contributed by atoms with Crippen LogP contribution < -0.4 is 5.32 Å². The van der Waals surface area contributed by atoms with Crippen molar-refractivity contribution in [1.29, 1.82) is 0 Å². The van der Waals surface area contributed by atoms with Gasteiger partial charge >= 0.3 is 5.97 Å². The van der Waals surface area contributed by atoms with Crippen molar-refractivity contribution in [2.75, 3.05) is 5.32 Å². The summed E-state index contributed by atoms with van der Waals surface area (Å²) in [4.78, 5) is 11.4. The number of aromatic carboxylic acids is 1. The topological polar surface area (TPSA) is 49.3 Å². The van der Waals surface area contributed by atoms with E-state index >= 15 is 0 Å². The van der Waals surface area contributed by atoms with E-state index in [0.29, 0.717) is 11.4 Å². The fourth-order valence-corrected chi connectivity index (χ4v) is 2.78. The number of carboxylic acid groups (broad SMARTS) is 1. The van der Waals surface area contributed by atoms with Gasteiger partial charge in [-0.05, 0) is 41.6 Å². The molecule has 0 aliphatic rings. The van der Waals surface area contributed by atoms with Crippen molar-refractivity contribution < 1.29 is 9.90 Å². The monoisotopic (exact) mass is 325 g/mol. The lowest BCUT2D eigenvalue weighted by Crippen LogP contribution is -2.05. The van der Waals surface area contributed by atoms with Gasteiger partial charge in [-0.1, -0.05) is 22.0 Å². The molecule has 2 aromatic rings. The first-order valence-corrected chi connectivity index (χ1v) is 7.05. The lowest BCUT2D eigenvalue weighted by molar-refractivity contribution is 0.0701. The van der Waals surface area contributed by atoms with Gasteiger partial charge in [0.25, 0.3) is 0 Å². The maximum atomic E-state index is 11.0. The number of carbonyl (C=O) groups is 1. The van der Waals surface area contributed by atoms with Gasteiger partial charge in [0, 0.05) is 16.7 Å². The van der Waals surface area contributed by atoms with Crippen LogP contribution in [0.25, 0.3) is 0 Å². The van der Waals surface area contributed by atoms with Crippen molar-refractivity contribution >= 4 is 38.9 Å². The van der Waals surface area contributed by atoms with Crippen LogP contribution in [0.15, 0.2) is 34.1 Å². The molecular formula is C13H12BrNO2S. The predicted molar refractivity (Wildman–Crippen MR) is 77.5 cm³/mol. The molecule has 2 N–H and O–H groups in total. The van der Waals surface area contributed by atoms with Crippen LogP contribution in [0.5, 0.6) is 0 Å². The Morgan fingerprint density at radius 1 is 1.44 bits per heavy atom. The van der Waals surface area contributed by atoms with Gasteiger partial charge in [0.1, 0.15) is 4.88 Å². The number of anilines is 1. The first-order valence-electron chi connectivity index (χ1n) is 5.38. The number of nitrogens with one attached hydrogen (secondary N) is 1. The number of carboxylic acids is 1. The van der Waals surface area contributed by atoms with Crippen molar-refractivity contribution in [3.63, 3.8) is 0 Å². The smallest absolute Gasteiger partial charge is 0.346 e. The second-order valence-electron chi connectivity index (χ2n) is 3.85. The van der Waals surface area contributed by atoms with Gasteiger partial charge in [0.05, 0.1) is 0 Å². The Kier molecular flexibility index (Phi) is 4.04. The molecular weight excluding hydrogens is 314 g/mol. The number of halogens is 1. The lowest BCUT2D eigenvalue weighted by atomic mass is 10.2. The van der Waals surface area contributed by atoms with E-state index in [1.165, 1.54) is 11.3 Å². The summed E-state index contributed by atoms with van der Waals surface area (Å²) in [5, 5.41) is 14.1. The minimum Gasteiger partial charge on any atom is -0.477 e. The van der Waals surface area contributed by atoms with Crippen LogP contribution in [0, 0.1) is 6.92 Å². The molecule has 5 heteroatoms. The van der Waals surface area contributed by atoms with Crippen molar-refractivity contribution in [3.8, 4) is 0 Å². The summed E-state index contributed by atoms with van der Waals surface area (Å²) in [6.07, 6.45) is 0. The van der Waals surface area contributed by atoms with Crippen LogP contribution in [0.4, 0.5) is 5.69 Å². The van der Waals surface area contributed by atoms with Gasteiger partial charge < -0.3 is 10.4 Å². The SMILES string of the molecule is Cc1c(Br)cccc1NCc1ccsc1C(=O)O. The molecule has 18 heavy (non-hydrogen) atoms. The largest absolute Gasteiger partial charge is 0.477 e. The highest BCUT2D eigenvalue weighted by Crippen LogP contribution is 2.25. The van der Waals surface area contributed by atoms with E-state index in [1.54, 1.807) is 5.38 Å². The molecule has 0 bridgehead atoms. The Labute approximate surface area is 118 Å². The Hall–Kier alpha value is -1.33. The average molecular weight is 326 g/mol. The zero-order valence-corrected chi connectivity index (χ0v) is 12.1. The first-order chi connectivity index (χ1) is 8.59. The van der Waals surface area contributed by atoms with Crippen LogP contribution >= 0.6 is 27.3 Å². The summed E-state index contributed by atoms with van der Waals surface area (Å²) >= 11 is 4.72. The molecule has 94 valence electrons. The Morgan fingerprint density at radius 3 is 2.94 bits per heavy atom. The predicted octanol–water partition coefficient (Wildman–Crippen LogP) is 4.13. The van der Waals surface area contributed by atoms with Gasteiger partial charge in [0.2, 0.25) is 0 Å². The van der Waals surface area contributed by atoms with E-state index in [9.17, 15) is 4.79 Å². The highest BCUT2D eigenvalue weighted by Gasteiger charge is 2.11. The molecule has 1 aromatic carbocycles. The standard InChI is InChI=1S/C13H12BrNO2S/c1-8-10(14)3-2-4-11(8)15-7-9-5-6-18-12(9)13(16)17/h2-6,15H,7H2,1H3,(H,16,17). The lowest BCUT2D eigenvalue weighted by Gasteiger charge is -2.10. The number of benzene rings is 1. The Balaban J connectivity index is 2.14. The van der Waals surface area contributed by atoms with E-state index in [4.69, 9.17) is 5.11 Å². The van der Waals surface area contributed by atoms with Gasteiger partial charge in [-0.25, -0.2) is 4.79 Å². The summed E-state index contributed by atoms with van der Waals surface area (Å²) < 4.78 is 1.04. The van der Waals surface area contributed by atoms with Crippen molar-refractivity contribution in [3.05, 3.63) is 50.1 Å². The molecule has 3 nitrogen and oxygen atoms in total. The van der Waals surface area contributed by atoms with Crippen LogP contribution in [0.3, 0.4) is 0 Å². The summed E-state index contributed by atoms with van der Waals surface area (Å²) in [6, 6.07) is 7.75. The molecule has 0 fully saturated rings. The zero-order valence-electron chi connectivity index (χ0n) is 9.74. The Bertz CT molecular complexity index is 580. The van der Waals surface area contributed by atoms with E-state index in [-0.39, 0.29) is 0 Å². The molecule has 0 aliphatic heterocycles. The molecule has 0 aliphatic carbocycles. The molecule has 0 saturated heterocycles. The van der Waals surface area contributed by atoms with E-state index in [2.05, 4.69) is 21.2 Å². The third kappa shape index (κ3) is 2.73. The maximum absolute atomic E-state index is 11.0. The minimum atomic E-state index is -0.868. The second-order valence-corrected chi connectivity index (χ2v) is 5.62. The molecule has 1 aromatic heterocycles. The maximum Gasteiger partial charge on any atom is 0.346 e. The van der Waals surface area contributed by atoms with Gasteiger partial charge in [-0.15, -0.1) is 11.3 Å². The van der Waals surface area contributed by atoms with Crippen molar-refractivity contribution in [1.82, 2.24) is 0 Å². The molecule has 0 radical (unpaired) electrons. The van der Waals surface area contributed by atoms with Gasteiger partial charge in [-0.3, -0.25) is 0 Å². The third-order valence-corrected chi connectivity index (χ3v) is 4.48. The molecule has 1 heterocycles. The summed E-state index contributed by atoms with van der Waals surface area (Å²) in [6.45, 7) is 2.53. The number of thiophene rings is 1. The van der Waals surface area contributed by atoms with Crippen molar-refractivity contribution in [2.24, 2.45) is 0 Å². The second kappa shape index (κ2) is 5.54. The summed E-state index contributed by atoms with van der Waals surface area (Å²) in [7, 11) is 0. The van der Waals surface area contributed by atoms with E-state index < -0.39 is 5.97 Å². The molecule has 2 rings (SSSR count). The van der Waals surface area contributed by atoms with Crippen LogP contribution in [-0.4, -0.2) is 11.1 Å². The average Bonchev–Trinajstić information content (AvgIpc) is 2.79. The summed E-state index contributed by atoms with van der Waals surface area (Å²) in [5.74, 6) is -0.868. The summed E-state index contributed by atoms with van der Waals surface area (Å²) in [5.41, 5.74) is 2.93. The van der Waals surface area contributed by atoms with Crippen LogP contribution in [0.2, 0.25) is 0 Å². The van der Waals surface area contributed by atoms with Gasteiger partial charge in [0.15, 0.2) is 0 Å². The number of rotatable bonds is 4. The highest BCUT2D eigenvalue weighted by molar-refractivity contribution is 9.10. The van der Waals surface area contributed by atoms with Crippen molar-refractivity contribution in [2.45, 2.75) is 13.5 Å². The number of hydrogen-bond acceptors (Lipinski definition) is 3. The van der Waals surface area contributed by atoms with Gasteiger partial charge in [-0.2, -0.15) is 0 Å². The molecule has 0 spiro atoms. The highest BCUT2D eigenvalue weighted by atomic mass is 79.9. The fraction of sp³-hybridized carbons (Fsp3) is 0.154. The fourth-order valence-electron chi connectivity index (χ4n) is 1.65. The van der Waals surface area contributed by atoms with Crippen LogP contribution in [-0.2, 0) is 6.54 Å². The van der Waals surface area contributed by atoms with E-state index in [0.717, 1.165) is 21.3 Å². The first kappa shape index (κ1) is 13.1. The molecule has 0 atom stereocenters. The zero-order chi connectivity index (χ0) is 13.1. The van der Waals surface area contributed by atoms with Crippen LogP contribution in [0.1, 0.15) is 20.8 Å². The molecule has 0 amide bonds. The van der Waals surface area contributed by atoms with E-state index in [1.807, 2.05) is 31.2 Å². The third-order valence-electron chi connectivity index (χ3n) is 2.68. The molecule has 0 unspecified atom stereocenters. The number of hydrogen-bond donors (Lipinski definition) is 2. The Morgan fingerprint density at radius 2 is 2.22 bits per heavy atom. The quantitative estimate of drug-likeness (QED) is 0.888. The normalized spacial score (nSPS) is 10.3.